The summed E-state index contributed by atoms with van der Waals surface area (Å²) in [5.41, 5.74) is 0.438. The van der Waals surface area contributed by atoms with Crippen molar-refractivity contribution in [1.82, 2.24) is 0 Å². The summed E-state index contributed by atoms with van der Waals surface area (Å²) < 4.78 is 9.74. The van der Waals surface area contributed by atoms with Gasteiger partial charge in [0.05, 0.1) is 6.26 Å². The van der Waals surface area contributed by atoms with Crippen LogP contribution in [0.2, 0.25) is 0 Å². The second kappa shape index (κ2) is 4.44. The van der Waals surface area contributed by atoms with Gasteiger partial charge in [-0.25, -0.2) is 0 Å². The zero-order valence-electron chi connectivity index (χ0n) is 9.64. The molecule has 0 N–H and O–H groups in total. The van der Waals surface area contributed by atoms with E-state index in [4.69, 9.17) is 9.47 Å². The molecule has 0 aliphatic heterocycles. The maximum Gasteiger partial charge on any atom is 0.303 e. The maximum atomic E-state index is 11.9. The minimum atomic E-state index is -1.36. The molecular weight excluding hydrogens is 236 g/mol. The molecule has 0 spiro atoms. The highest BCUT2D eigenvalue weighted by Crippen LogP contribution is 2.28. The molecule has 1 aliphatic carbocycles. The highest BCUT2D eigenvalue weighted by atomic mass is 16.5. The average Bonchev–Trinajstić information content (AvgIpc) is 2.55. The number of esters is 1. The van der Waals surface area contributed by atoms with Gasteiger partial charge in [-0.2, -0.15) is 0 Å². The standard InChI is InChI=1S/C13H10O5/c1-3-17-8-4-5-9-10(6-8)12(16)13(11(9)15)18-7(2)14/h3-6,13H,1H2,2H3. The summed E-state index contributed by atoms with van der Waals surface area (Å²) in [6.07, 6.45) is -0.150. The molecule has 92 valence electrons. The third kappa shape index (κ3) is 1.90. The number of rotatable bonds is 3. The zero-order valence-corrected chi connectivity index (χ0v) is 9.64. The van der Waals surface area contributed by atoms with Crippen molar-refractivity contribution in [3.8, 4) is 5.75 Å². The molecule has 0 bridgehead atoms. The van der Waals surface area contributed by atoms with Crippen LogP contribution in [0.4, 0.5) is 0 Å². The van der Waals surface area contributed by atoms with Gasteiger partial charge < -0.3 is 9.47 Å². The molecule has 1 unspecified atom stereocenters. The van der Waals surface area contributed by atoms with Crippen molar-refractivity contribution in [2.24, 2.45) is 0 Å². The quantitative estimate of drug-likeness (QED) is 0.459. The van der Waals surface area contributed by atoms with Gasteiger partial charge in [-0.15, -0.1) is 0 Å². The highest BCUT2D eigenvalue weighted by Gasteiger charge is 2.41. The fourth-order valence-corrected chi connectivity index (χ4v) is 1.79. The molecule has 0 fully saturated rings. The lowest BCUT2D eigenvalue weighted by Crippen LogP contribution is -2.27. The van der Waals surface area contributed by atoms with Crippen LogP contribution in [0.3, 0.4) is 0 Å². The van der Waals surface area contributed by atoms with Crippen LogP contribution in [0.1, 0.15) is 27.6 Å². The van der Waals surface area contributed by atoms with E-state index in [1.54, 1.807) is 6.07 Å². The third-order valence-electron chi connectivity index (χ3n) is 2.50. The van der Waals surface area contributed by atoms with E-state index in [1.165, 1.54) is 18.4 Å². The number of hydrogen-bond acceptors (Lipinski definition) is 5. The van der Waals surface area contributed by atoms with Gasteiger partial charge in [-0.05, 0) is 18.2 Å². The number of ketones is 2. The lowest BCUT2D eigenvalue weighted by molar-refractivity contribution is -0.142. The first-order valence-corrected chi connectivity index (χ1v) is 5.22. The van der Waals surface area contributed by atoms with Crippen LogP contribution in [-0.2, 0) is 9.53 Å². The summed E-state index contributed by atoms with van der Waals surface area (Å²) in [6.45, 7) is 4.54. The summed E-state index contributed by atoms with van der Waals surface area (Å²) in [4.78, 5) is 34.6. The number of carbonyl (C=O) groups is 3. The number of ether oxygens (including phenoxy) is 2. The van der Waals surface area contributed by atoms with Crippen molar-refractivity contribution in [1.29, 1.82) is 0 Å². The van der Waals surface area contributed by atoms with Gasteiger partial charge in [-0.3, -0.25) is 14.4 Å². The summed E-state index contributed by atoms with van der Waals surface area (Å²) in [5, 5.41) is 0. The minimum absolute atomic E-state index is 0.200. The molecule has 18 heavy (non-hydrogen) atoms. The van der Waals surface area contributed by atoms with E-state index in [2.05, 4.69) is 6.58 Å². The van der Waals surface area contributed by atoms with Crippen LogP contribution >= 0.6 is 0 Å². The van der Waals surface area contributed by atoms with Crippen LogP contribution in [-0.4, -0.2) is 23.6 Å². The Morgan fingerprint density at radius 3 is 2.56 bits per heavy atom. The SMILES string of the molecule is C=COc1ccc2c(c1)C(=O)C(OC(C)=O)C2=O. The summed E-state index contributed by atoms with van der Waals surface area (Å²) in [6, 6.07) is 4.44. The Hall–Kier alpha value is -2.43. The molecular formula is C13H10O5. The fourth-order valence-electron chi connectivity index (χ4n) is 1.79. The van der Waals surface area contributed by atoms with Crippen molar-refractivity contribution >= 4 is 17.5 Å². The predicted octanol–water partition coefficient (Wildman–Crippen LogP) is 1.52. The molecule has 0 amide bonds. The van der Waals surface area contributed by atoms with Crippen molar-refractivity contribution in [2.45, 2.75) is 13.0 Å². The van der Waals surface area contributed by atoms with E-state index in [0.29, 0.717) is 5.75 Å². The summed E-state index contributed by atoms with van der Waals surface area (Å²) >= 11 is 0. The van der Waals surface area contributed by atoms with Crippen molar-refractivity contribution < 1.29 is 23.9 Å². The van der Waals surface area contributed by atoms with E-state index in [0.717, 1.165) is 6.92 Å². The van der Waals surface area contributed by atoms with Gasteiger partial charge in [0.25, 0.3) is 0 Å². The molecule has 0 saturated heterocycles. The highest BCUT2D eigenvalue weighted by molar-refractivity contribution is 6.29. The van der Waals surface area contributed by atoms with E-state index < -0.39 is 23.6 Å². The first kappa shape index (κ1) is 12.0. The molecule has 2 rings (SSSR count). The molecule has 1 aliphatic rings. The number of fused-ring (bicyclic) bond motifs is 1. The lowest BCUT2D eigenvalue weighted by Gasteiger charge is -2.05. The second-order valence-corrected chi connectivity index (χ2v) is 3.71. The van der Waals surface area contributed by atoms with E-state index in [9.17, 15) is 14.4 Å². The van der Waals surface area contributed by atoms with E-state index in [1.807, 2.05) is 0 Å². The molecule has 1 atom stereocenters. The number of carbonyl (C=O) groups excluding carboxylic acids is 3. The number of benzene rings is 1. The fraction of sp³-hybridized carbons (Fsp3) is 0.154. The second-order valence-electron chi connectivity index (χ2n) is 3.71. The Bertz CT molecular complexity index is 559. The minimum Gasteiger partial charge on any atom is -0.466 e. The summed E-state index contributed by atoms with van der Waals surface area (Å²) in [5.74, 6) is -1.31. The predicted molar refractivity (Wildman–Crippen MR) is 61.5 cm³/mol. The smallest absolute Gasteiger partial charge is 0.303 e. The lowest BCUT2D eigenvalue weighted by atomic mass is 10.1. The molecule has 0 radical (unpaired) electrons. The zero-order chi connectivity index (χ0) is 13.3. The van der Waals surface area contributed by atoms with Gasteiger partial charge in [0, 0.05) is 18.1 Å². The van der Waals surface area contributed by atoms with Gasteiger partial charge in [0.2, 0.25) is 17.7 Å². The Labute approximate surface area is 103 Å². The molecule has 0 saturated carbocycles. The van der Waals surface area contributed by atoms with Crippen molar-refractivity contribution in [3.63, 3.8) is 0 Å². The Morgan fingerprint density at radius 1 is 1.28 bits per heavy atom. The topological polar surface area (TPSA) is 69.7 Å². The Kier molecular flexibility index (Phi) is 2.97. The monoisotopic (exact) mass is 246 g/mol. The van der Waals surface area contributed by atoms with Gasteiger partial charge in [0.1, 0.15) is 5.75 Å². The third-order valence-corrected chi connectivity index (χ3v) is 2.50. The normalized spacial score (nSPS) is 17.3. The van der Waals surface area contributed by atoms with Crippen LogP contribution in [0.15, 0.2) is 31.0 Å². The molecule has 5 heteroatoms. The maximum absolute atomic E-state index is 11.9. The van der Waals surface area contributed by atoms with Gasteiger partial charge >= 0.3 is 5.97 Å². The molecule has 5 nitrogen and oxygen atoms in total. The van der Waals surface area contributed by atoms with Crippen LogP contribution < -0.4 is 4.74 Å². The number of hydrogen-bond donors (Lipinski definition) is 0. The first-order valence-electron chi connectivity index (χ1n) is 5.22. The largest absolute Gasteiger partial charge is 0.466 e. The van der Waals surface area contributed by atoms with E-state index >= 15 is 0 Å². The molecule has 1 aromatic rings. The molecule has 0 heterocycles. The van der Waals surface area contributed by atoms with E-state index in [-0.39, 0.29) is 11.1 Å². The van der Waals surface area contributed by atoms with Crippen LogP contribution in [0.25, 0.3) is 0 Å². The van der Waals surface area contributed by atoms with Gasteiger partial charge in [-0.1, -0.05) is 6.58 Å². The summed E-state index contributed by atoms with van der Waals surface area (Å²) in [7, 11) is 0. The van der Waals surface area contributed by atoms with Crippen molar-refractivity contribution in [2.75, 3.05) is 0 Å². The van der Waals surface area contributed by atoms with Crippen LogP contribution in [0, 0.1) is 0 Å². The first-order chi connectivity index (χ1) is 8.54. The Balaban J connectivity index is 2.39. The Morgan fingerprint density at radius 2 is 1.94 bits per heavy atom. The molecule has 0 aromatic heterocycles. The van der Waals surface area contributed by atoms with Crippen molar-refractivity contribution in [3.05, 3.63) is 42.2 Å². The average molecular weight is 246 g/mol. The number of Topliss-reactive ketones (excluding diaryl/α,β-unsaturated/α-hetero) is 2. The van der Waals surface area contributed by atoms with Gasteiger partial charge in [0.15, 0.2) is 0 Å². The molecule has 1 aromatic carbocycles. The van der Waals surface area contributed by atoms with Crippen LogP contribution in [0.5, 0.6) is 5.75 Å².